The summed E-state index contributed by atoms with van der Waals surface area (Å²) >= 11 is 0. The van der Waals surface area contributed by atoms with Gasteiger partial charge in [0.25, 0.3) is 0 Å². The predicted octanol–water partition coefficient (Wildman–Crippen LogP) is -0.679. The largest absolute Gasteiger partial charge is 0.379 e. The third kappa shape index (κ3) is 11.7. The Morgan fingerprint density at radius 1 is 0.632 bits per heavy atom. The first kappa shape index (κ1) is 17.2. The maximum Gasteiger partial charge on any atom is 0.0597 e. The molecule has 7 heteroatoms. The second kappa shape index (κ2) is 13.2. The zero-order chi connectivity index (χ0) is 13.6. The molecule has 3 aliphatic rings. The molecule has 6 nitrogen and oxygen atoms in total. The molecular weight excluding hydrogens is 265 g/mol. The lowest BCUT2D eigenvalue weighted by molar-refractivity contribution is 0.0769. The summed E-state index contributed by atoms with van der Waals surface area (Å²) in [6, 6.07) is 0. The van der Waals surface area contributed by atoms with Crippen molar-refractivity contribution in [2.75, 3.05) is 78.9 Å². The highest BCUT2D eigenvalue weighted by molar-refractivity contribution is 7.13. The van der Waals surface area contributed by atoms with Crippen LogP contribution >= 0.6 is 9.39 Å². The molecule has 114 valence electrons. The van der Waals surface area contributed by atoms with Gasteiger partial charge in [-0.1, -0.05) is 9.39 Å². The van der Waals surface area contributed by atoms with Crippen molar-refractivity contribution in [1.82, 2.24) is 15.3 Å². The van der Waals surface area contributed by atoms with Crippen molar-refractivity contribution in [3.63, 3.8) is 0 Å². The molecule has 0 radical (unpaired) electrons. The van der Waals surface area contributed by atoms with Crippen LogP contribution in [0.1, 0.15) is 0 Å². The third-order valence-electron chi connectivity index (χ3n) is 2.74. The highest BCUT2D eigenvalue weighted by Crippen LogP contribution is 2.00. The summed E-state index contributed by atoms with van der Waals surface area (Å²) in [7, 11) is 2.66. The molecule has 0 amide bonds. The molecule has 3 heterocycles. The van der Waals surface area contributed by atoms with Crippen LogP contribution in [0.5, 0.6) is 0 Å². The number of rotatable bonds is 0. The number of hydrogen-bond acceptors (Lipinski definition) is 6. The average Bonchev–Trinajstić information content (AvgIpc) is 2.53. The second-order valence-corrected chi connectivity index (χ2v) is 5.10. The van der Waals surface area contributed by atoms with Crippen molar-refractivity contribution in [2.45, 2.75) is 0 Å². The average molecular weight is 293 g/mol. The van der Waals surface area contributed by atoms with Crippen LogP contribution in [0.3, 0.4) is 0 Å². The van der Waals surface area contributed by atoms with Gasteiger partial charge >= 0.3 is 0 Å². The molecule has 1 unspecified atom stereocenters. The number of nitrogens with zero attached hydrogens (tertiary/aromatic N) is 1. The quantitative estimate of drug-likeness (QED) is 0.577. The maximum absolute atomic E-state index is 5.08. The fourth-order valence-electron chi connectivity index (χ4n) is 1.61. The molecule has 19 heavy (non-hydrogen) atoms. The van der Waals surface area contributed by atoms with Gasteiger partial charge in [0.2, 0.25) is 0 Å². The summed E-state index contributed by atoms with van der Waals surface area (Å²) in [6.07, 6.45) is 0. The molecule has 0 aromatic heterocycles. The van der Waals surface area contributed by atoms with E-state index in [0.29, 0.717) is 0 Å². The highest BCUT2D eigenvalue weighted by atomic mass is 31.0. The third-order valence-corrected chi connectivity index (χ3v) is 3.25. The van der Waals surface area contributed by atoms with E-state index in [9.17, 15) is 0 Å². The molecule has 3 aliphatic heterocycles. The molecule has 0 saturated carbocycles. The van der Waals surface area contributed by atoms with Crippen LogP contribution in [0.25, 0.3) is 0 Å². The van der Waals surface area contributed by atoms with Gasteiger partial charge in [-0.05, 0) is 0 Å². The molecule has 0 aromatic carbocycles. The van der Waals surface area contributed by atoms with E-state index >= 15 is 0 Å². The van der Waals surface area contributed by atoms with Gasteiger partial charge in [-0.3, -0.25) is 4.67 Å². The zero-order valence-electron chi connectivity index (χ0n) is 11.7. The van der Waals surface area contributed by atoms with Crippen molar-refractivity contribution in [1.29, 1.82) is 0 Å². The van der Waals surface area contributed by atoms with E-state index in [-0.39, 0.29) is 0 Å². The summed E-state index contributed by atoms with van der Waals surface area (Å²) in [6.45, 7) is 11.6. The van der Waals surface area contributed by atoms with Gasteiger partial charge in [-0.15, -0.1) is 0 Å². The van der Waals surface area contributed by atoms with E-state index in [2.05, 4.69) is 24.7 Å². The van der Waals surface area contributed by atoms with Gasteiger partial charge in [-0.25, -0.2) is 0 Å². The van der Waals surface area contributed by atoms with Crippen molar-refractivity contribution >= 4 is 9.39 Å². The minimum atomic E-state index is 0.889. The maximum atomic E-state index is 5.08. The van der Waals surface area contributed by atoms with Crippen LogP contribution in [0, 0.1) is 0 Å². The molecule has 3 saturated heterocycles. The zero-order valence-corrected chi connectivity index (χ0v) is 12.9. The Bertz CT molecular complexity index is 152. The van der Waals surface area contributed by atoms with Gasteiger partial charge in [0.1, 0.15) is 0 Å². The Morgan fingerprint density at radius 3 is 1.16 bits per heavy atom. The molecule has 1 atom stereocenters. The van der Waals surface area contributed by atoms with Gasteiger partial charge in [0.05, 0.1) is 39.6 Å². The molecule has 3 fully saturated rings. The molecule has 0 bridgehead atoms. The first-order valence-corrected chi connectivity index (χ1v) is 7.55. The second-order valence-electron chi connectivity index (χ2n) is 4.37. The fraction of sp³-hybridized carbons (Fsp3) is 1.00. The lowest BCUT2D eigenvalue weighted by Crippen LogP contribution is -2.30. The number of ether oxygens (including phenoxy) is 3. The highest BCUT2D eigenvalue weighted by Gasteiger charge is 2.02. The molecule has 0 aliphatic carbocycles. The Kier molecular flexibility index (Phi) is 12.0. The summed E-state index contributed by atoms with van der Waals surface area (Å²) < 4.78 is 17.3. The first-order chi connectivity index (χ1) is 9.39. The van der Waals surface area contributed by atoms with Crippen LogP contribution in [0.4, 0.5) is 0 Å². The normalized spacial score (nSPS) is 24.5. The van der Waals surface area contributed by atoms with E-state index in [1.807, 2.05) is 0 Å². The predicted molar refractivity (Wildman–Crippen MR) is 79.5 cm³/mol. The number of hydrogen-bond donors (Lipinski definition) is 2. The fourth-order valence-corrected chi connectivity index (χ4v) is 1.82. The summed E-state index contributed by atoms with van der Waals surface area (Å²) in [5.41, 5.74) is 0. The van der Waals surface area contributed by atoms with Gasteiger partial charge in [0, 0.05) is 39.3 Å². The van der Waals surface area contributed by atoms with E-state index < -0.39 is 0 Å². The van der Waals surface area contributed by atoms with Crippen LogP contribution in [0.2, 0.25) is 0 Å². The van der Waals surface area contributed by atoms with Gasteiger partial charge in [-0.2, -0.15) is 0 Å². The topological polar surface area (TPSA) is 55.0 Å². The Hall–Kier alpha value is 0.190. The lowest BCUT2D eigenvalue weighted by Gasteiger charge is -2.20. The smallest absolute Gasteiger partial charge is 0.0597 e. The van der Waals surface area contributed by atoms with Crippen molar-refractivity contribution in [3.8, 4) is 0 Å². The minimum Gasteiger partial charge on any atom is -0.379 e. The molecule has 2 N–H and O–H groups in total. The Balaban J connectivity index is 0.000000143. The lowest BCUT2D eigenvalue weighted by atomic mass is 10.5. The van der Waals surface area contributed by atoms with Gasteiger partial charge < -0.3 is 24.8 Å². The van der Waals surface area contributed by atoms with E-state index in [1.165, 1.54) is 0 Å². The van der Waals surface area contributed by atoms with Crippen LogP contribution in [0.15, 0.2) is 0 Å². The Morgan fingerprint density at radius 2 is 1.00 bits per heavy atom. The SMILES string of the molecule is C1COCCN1.C1COCCN1.PN1CCOCC1. The van der Waals surface area contributed by atoms with Crippen LogP contribution in [-0.2, 0) is 14.2 Å². The summed E-state index contributed by atoms with van der Waals surface area (Å²) in [5, 5.41) is 6.32. The summed E-state index contributed by atoms with van der Waals surface area (Å²) in [4.78, 5) is 0. The minimum absolute atomic E-state index is 0.889. The molecule has 0 aromatic rings. The van der Waals surface area contributed by atoms with Crippen molar-refractivity contribution in [3.05, 3.63) is 0 Å². The Labute approximate surface area is 118 Å². The van der Waals surface area contributed by atoms with Crippen molar-refractivity contribution < 1.29 is 14.2 Å². The number of morpholine rings is 3. The van der Waals surface area contributed by atoms with Gasteiger partial charge in [0.15, 0.2) is 0 Å². The molecule has 3 rings (SSSR count). The summed E-state index contributed by atoms with van der Waals surface area (Å²) in [5.74, 6) is 0. The molecule has 0 spiro atoms. The molecular formula is C12H28N3O3P. The van der Waals surface area contributed by atoms with E-state index in [1.54, 1.807) is 0 Å². The van der Waals surface area contributed by atoms with Crippen LogP contribution < -0.4 is 10.6 Å². The van der Waals surface area contributed by atoms with Crippen LogP contribution in [-0.4, -0.2) is 83.6 Å². The first-order valence-electron chi connectivity index (χ1n) is 7.04. The van der Waals surface area contributed by atoms with E-state index in [0.717, 1.165) is 78.9 Å². The standard InChI is InChI=1S/C4H10NOP.2C4H9NO/c7-5-1-3-6-4-2-5;2*1-3-6-4-2-5-1/h1-4,7H2;2*5H,1-4H2. The van der Waals surface area contributed by atoms with E-state index in [4.69, 9.17) is 14.2 Å². The van der Waals surface area contributed by atoms with Crippen molar-refractivity contribution in [2.24, 2.45) is 0 Å². The monoisotopic (exact) mass is 293 g/mol. The number of nitrogens with one attached hydrogen (secondary N) is 2.